The molecular formula is C15H21N3. The SMILES string of the molecule is C/C(=C\CN(/C=C\C=N)Cc1ccccc1)CN. The van der Waals surface area contributed by atoms with Crippen LogP contribution in [0.25, 0.3) is 0 Å². The molecule has 0 heterocycles. The van der Waals surface area contributed by atoms with Crippen LogP contribution in [0.15, 0.2) is 54.3 Å². The van der Waals surface area contributed by atoms with Crippen molar-refractivity contribution in [1.82, 2.24) is 4.90 Å². The minimum atomic E-state index is 0.591. The number of nitrogens with two attached hydrogens (primary N) is 1. The Hall–Kier alpha value is -1.87. The molecule has 3 nitrogen and oxygen atoms in total. The molecule has 0 bridgehead atoms. The van der Waals surface area contributed by atoms with Gasteiger partial charge < -0.3 is 16.0 Å². The van der Waals surface area contributed by atoms with Gasteiger partial charge in [-0.25, -0.2) is 0 Å². The minimum absolute atomic E-state index is 0.591. The van der Waals surface area contributed by atoms with E-state index in [4.69, 9.17) is 11.1 Å². The van der Waals surface area contributed by atoms with Gasteiger partial charge in [0.25, 0.3) is 0 Å². The fraction of sp³-hybridized carbons (Fsp3) is 0.267. The molecule has 0 saturated heterocycles. The third-order valence-electron chi connectivity index (χ3n) is 2.62. The van der Waals surface area contributed by atoms with Crippen molar-refractivity contribution in [2.45, 2.75) is 13.5 Å². The van der Waals surface area contributed by atoms with Gasteiger partial charge in [-0.1, -0.05) is 42.0 Å². The summed E-state index contributed by atoms with van der Waals surface area (Å²) in [6, 6.07) is 10.3. The lowest BCUT2D eigenvalue weighted by atomic mass is 10.2. The maximum Gasteiger partial charge on any atom is 0.0427 e. The van der Waals surface area contributed by atoms with Crippen LogP contribution in [0, 0.1) is 5.41 Å². The fourth-order valence-corrected chi connectivity index (χ4v) is 1.52. The molecule has 96 valence electrons. The molecule has 0 aliphatic rings. The molecular weight excluding hydrogens is 222 g/mol. The zero-order chi connectivity index (χ0) is 13.2. The number of hydrogen-bond acceptors (Lipinski definition) is 3. The average Bonchev–Trinajstić information content (AvgIpc) is 2.42. The summed E-state index contributed by atoms with van der Waals surface area (Å²) in [4.78, 5) is 2.15. The molecule has 3 N–H and O–H groups in total. The lowest BCUT2D eigenvalue weighted by molar-refractivity contribution is 0.408. The Balaban J connectivity index is 2.66. The standard InChI is InChI=1S/C15H21N3/c1-14(12-17)8-11-18(10-5-9-16)13-15-6-3-2-4-7-15/h2-10,16H,11-13,17H2,1H3/b10-5-,14-8+,16-9?. The predicted octanol–water partition coefficient (Wildman–Crippen LogP) is 2.56. The van der Waals surface area contributed by atoms with Gasteiger partial charge in [0, 0.05) is 32.0 Å². The zero-order valence-corrected chi connectivity index (χ0v) is 10.8. The largest absolute Gasteiger partial charge is 0.369 e. The Morgan fingerprint density at radius 3 is 2.67 bits per heavy atom. The van der Waals surface area contributed by atoms with Crippen molar-refractivity contribution in [1.29, 1.82) is 5.41 Å². The highest BCUT2D eigenvalue weighted by Gasteiger charge is 1.99. The molecule has 18 heavy (non-hydrogen) atoms. The lowest BCUT2D eigenvalue weighted by Gasteiger charge is -2.19. The molecule has 0 unspecified atom stereocenters. The molecule has 0 aliphatic carbocycles. The number of nitrogens with zero attached hydrogens (tertiary/aromatic N) is 1. The van der Waals surface area contributed by atoms with Crippen molar-refractivity contribution in [2.24, 2.45) is 5.73 Å². The number of allylic oxidation sites excluding steroid dienone is 1. The summed E-state index contributed by atoms with van der Waals surface area (Å²) in [6.45, 7) is 4.26. The van der Waals surface area contributed by atoms with Gasteiger partial charge in [0.15, 0.2) is 0 Å². The molecule has 0 aliphatic heterocycles. The number of rotatable bonds is 7. The summed E-state index contributed by atoms with van der Waals surface area (Å²) < 4.78 is 0. The van der Waals surface area contributed by atoms with E-state index in [1.165, 1.54) is 17.4 Å². The van der Waals surface area contributed by atoms with Crippen molar-refractivity contribution in [3.8, 4) is 0 Å². The van der Waals surface area contributed by atoms with Crippen LogP contribution in [0.1, 0.15) is 12.5 Å². The molecule has 0 aromatic heterocycles. The van der Waals surface area contributed by atoms with Crippen LogP contribution in [-0.2, 0) is 6.54 Å². The Morgan fingerprint density at radius 1 is 1.33 bits per heavy atom. The van der Waals surface area contributed by atoms with Gasteiger partial charge in [-0.2, -0.15) is 0 Å². The smallest absolute Gasteiger partial charge is 0.0427 e. The molecule has 0 atom stereocenters. The van der Waals surface area contributed by atoms with Crippen LogP contribution < -0.4 is 5.73 Å². The fourth-order valence-electron chi connectivity index (χ4n) is 1.52. The maximum atomic E-state index is 7.05. The van der Waals surface area contributed by atoms with Crippen LogP contribution in [0.5, 0.6) is 0 Å². The van der Waals surface area contributed by atoms with Crippen molar-refractivity contribution in [3.05, 3.63) is 59.8 Å². The topological polar surface area (TPSA) is 53.1 Å². The first-order valence-electron chi connectivity index (χ1n) is 6.07. The summed E-state index contributed by atoms with van der Waals surface area (Å²) in [5, 5.41) is 7.05. The minimum Gasteiger partial charge on any atom is -0.369 e. The van der Waals surface area contributed by atoms with Gasteiger partial charge >= 0.3 is 0 Å². The predicted molar refractivity (Wildman–Crippen MR) is 77.6 cm³/mol. The van der Waals surface area contributed by atoms with E-state index in [2.05, 4.69) is 23.1 Å². The Labute approximate surface area is 109 Å². The van der Waals surface area contributed by atoms with Crippen LogP contribution in [0.3, 0.4) is 0 Å². The van der Waals surface area contributed by atoms with E-state index in [0.29, 0.717) is 6.54 Å². The normalized spacial score (nSPS) is 11.8. The summed E-state index contributed by atoms with van der Waals surface area (Å²) in [5.41, 5.74) is 8.00. The van der Waals surface area contributed by atoms with E-state index < -0.39 is 0 Å². The quantitative estimate of drug-likeness (QED) is 0.571. The van der Waals surface area contributed by atoms with Crippen molar-refractivity contribution in [3.63, 3.8) is 0 Å². The van der Waals surface area contributed by atoms with E-state index in [9.17, 15) is 0 Å². The second-order valence-corrected chi connectivity index (χ2v) is 4.18. The third-order valence-corrected chi connectivity index (χ3v) is 2.62. The zero-order valence-electron chi connectivity index (χ0n) is 10.8. The lowest BCUT2D eigenvalue weighted by Crippen LogP contribution is -2.17. The molecule has 1 aromatic rings. The van der Waals surface area contributed by atoms with Crippen molar-refractivity contribution in [2.75, 3.05) is 13.1 Å². The molecule has 0 amide bonds. The first-order valence-corrected chi connectivity index (χ1v) is 6.07. The molecule has 0 fully saturated rings. The van der Waals surface area contributed by atoms with Gasteiger partial charge in [-0.15, -0.1) is 0 Å². The van der Waals surface area contributed by atoms with E-state index in [-0.39, 0.29) is 0 Å². The second-order valence-electron chi connectivity index (χ2n) is 4.18. The summed E-state index contributed by atoms with van der Waals surface area (Å²) >= 11 is 0. The van der Waals surface area contributed by atoms with Crippen molar-refractivity contribution >= 4 is 6.21 Å². The Kier molecular flexibility index (Phi) is 6.51. The monoisotopic (exact) mass is 243 g/mol. The van der Waals surface area contributed by atoms with Gasteiger partial charge in [0.05, 0.1) is 0 Å². The van der Waals surface area contributed by atoms with Crippen LogP contribution in [0.4, 0.5) is 0 Å². The van der Waals surface area contributed by atoms with Crippen LogP contribution in [-0.4, -0.2) is 24.2 Å². The van der Waals surface area contributed by atoms with Gasteiger partial charge in [-0.05, 0) is 18.6 Å². The van der Waals surface area contributed by atoms with E-state index in [0.717, 1.165) is 13.1 Å². The van der Waals surface area contributed by atoms with E-state index >= 15 is 0 Å². The van der Waals surface area contributed by atoms with E-state index in [1.54, 1.807) is 6.08 Å². The van der Waals surface area contributed by atoms with Gasteiger partial charge in [-0.3, -0.25) is 0 Å². The summed E-state index contributed by atoms with van der Waals surface area (Å²) in [5.74, 6) is 0. The molecule has 0 saturated carbocycles. The molecule has 1 rings (SSSR count). The van der Waals surface area contributed by atoms with Crippen molar-refractivity contribution < 1.29 is 0 Å². The summed E-state index contributed by atoms with van der Waals surface area (Å²) in [6.07, 6.45) is 7.07. The Morgan fingerprint density at radius 2 is 2.06 bits per heavy atom. The number of hydrogen-bond donors (Lipinski definition) is 2. The Bertz CT molecular complexity index is 407. The number of nitrogens with one attached hydrogen (secondary N) is 1. The van der Waals surface area contributed by atoms with Crippen LogP contribution in [0.2, 0.25) is 0 Å². The van der Waals surface area contributed by atoms with Gasteiger partial charge in [0.2, 0.25) is 0 Å². The first kappa shape index (κ1) is 14.2. The third kappa shape index (κ3) is 5.46. The van der Waals surface area contributed by atoms with E-state index in [1.807, 2.05) is 31.3 Å². The highest BCUT2D eigenvalue weighted by Crippen LogP contribution is 2.05. The maximum absolute atomic E-state index is 7.05. The summed E-state index contributed by atoms with van der Waals surface area (Å²) in [7, 11) is 0. The number of benzene rings is 1. The molecule has 3 heteroatoms. The molecule has 1 aromatic carbocycles. The highest BCUT2D eigenvalue weighted by molar-refractivity contribution is 5.67. The molecule has 0 radical (unpaired) electrons. The van der Waals surface area contributed by atoms with Gasteiger partial charge in [0.1, 0.15) is 0 Å². The molecule has 0 spiro atoms. The first-order chi connectivity index (χ1) is 8.76. The highest BCUT2D eigenvalue weighted by atomic mass is 15.1. The average molecular weight is 243 g/mol. The second kappa shape index (κ2) is 8.25. The van der Waals surface area contributed by atoms with Crippen LogP contribution >= 0.6 is 0 Å².